The zero-order valence-corrected chi connectivity index (χ0v) is 30.0. The zero-order valence-electron chi connectivity index (χ0n) is 30.0. The average Bonchev–Trinajstić information content (AvgIpc) is 3.97. The average molecular weight is 685 g/mol. The van der Waals surface area contributed by atoms with Crippen molar-refractivity contribution in [3.8, 4) is 23.0 Å². The van der Waals surface area contributed by atoms with Gasteiger partial charge in [-0.2, -0.15) is 0 Å². The predicted octanol–water partition coefficient (Wildman–Crippen LogP) is 7.10. The molecule has 0 aliphatic carbocycles. The molecule has 3 unspecified atom stereocenters. The number of hydrogen-bond donors (Lipinski definition) is 2. The molecule has 0 radical (unpaired) electrons. The van der Waals surface area contributed by atoms with Crippen LogP contribution >= 0.6 is 0 Å². The number of benzene rings is 4. The highest BCUT2D eigenvalue weighted by Crippen LogP contribution is 2.35. The van der Waals surface area contributed by atoms with Gasteiger partial charge in [-0.25, -0.2) is 0 Å². The van der Waals surface area contributed by atoms with E-state index in [-0.39, 0.29) is 43.4 Å². The molecular formula is C42H52O8. The van der Waals surface area contributed by atoms with Crippen LogP contribution in [0.5, 0.6) is 23.0 Å². The van der Waals surface area contributed by atoms with Crippen LogP contribution in [-0.4, -0.2) is 74.8 Å². The lowest BCUT2D eigenvalue weighted by Gasteiger charge is -2.27. The highest BCUT2D eigenvalue weighted by atomic mass is 16.6. The van der Waals surface area contributed by atoms with E-state index < -0.39 is 12.2 Å². The molecule has 0 spiro atoms. The van der Waals surface area contributed by atoms with Crippen molar-refractivity contribution in [3.63, 3.8) is 0 Å². The van der Waals surface area contributed by atoms with Crippen LogP contribution in [0.1, 0.15) is 63.3 Å². The standard InChI is InChI=1S/C42H52O8/c1-6-23-45-24-34(43)25-46-36-15-7-30(8-16-36)41(2,3)31-9-17-37(18-10-31)47-26-35(44)27-48-38-19-11-32(12-20-38)42(4,5)33-13-21-39(22-14-33)49-28-40-29-50-40/h7-22,34-35,40,43-44H,6,23-29H2,1-5H3. The Bertz CT molecular complexity index is 1580. The van der Waals surface area contributed by atoms with Gasteiger partial charge < -0.3 is 38.6 Å². The maximum Gasteiger partial charge on any atom is 0.122 e. The third kappa shape index (κ3) is 10.5. The van der Waals surface area contributed by atoms with Gasteiger partial charge in [0.25, 0.3) is 0 Å². The fourth-order valence-corrected chi connectivity index (χ4v) is 5.60. The number of rotatable bonds is 20. The second-order valence-electron chi connectivity index (χ2n) is 13.9. The van der Waals surface area contributed by atoms with Gasteiger partial charge in [-0.05, 0) is 77.2 Å². The quantitative estimate of drug-likeness (QED) is 0.0752. The molecule has 8 nitrogen and oxygen atoms in total. The monoisotopic (exact) mass is 684 g/mol. The SMILES string of the molecule is CCCOCC(O)COc1ccc(C(C)(C)c2ccc(OCC(O)COc3ccc(C(C)(C)c4ccc(OCC5CO5)cc4)cc3)cc2)cc1. The summed E-state index contributed by atoms with van der Waals surface area (Å²) in [6, 6.07) is 32.1. The molecule has 3 atom stereocenters. The van der Waals surface area contributed by atoms with Gasteiger partial charge in [0.15, 0.2) is 0 Å². The molecule has 268 valence electrons. The number of hydrogen-bond acceptors (Lipinski definition) is 8. The molecule has 4 aromatic rings. The second kappa shape index (κ2) is 17.2. The molecule has 0 amide bonds. The first-order chi connectivity index (χ1) is 24.0. The van der Waals surface area contributed by atoms with E-state index in [0.717, 1.165) is 35.5 Å². The predicted molar refractivity (Wildman–Crippen MR) is 195 cm³/mol. The minimum Gasteiger partial charge on any atom is -0.491 e. The van der Waals surface area contributed by atoms with Crippen LogP contribution in [0.2, 0.25) is 0 Å². The molecule has 1 saturated heterocycles. The molecule has 1 fully saturated rings. The minimum atomic E-state index is -0.792. The Labute approximate surface area is 296 Å². The van der Waals surface area contributed by atoms with E-state index in [1.165, 1.54) is 5.56 Å². The summed E-state index contributed by atoms with van der Waals surface area (Å²) >= 11 is 0. The Balaban J connectivity index is 1.05. The molecule has 4 aromatic carbocycles. The number of aliphatic hydroxyl groups is 2. The summed E-state index contributed by atoms with van der Waals surface area (Å²) in [5.41, 5.74) is 4.15. The molecule has 0 saturated carbocycles. The summed E-state index contributed by atoms with van der Waals surface area (Å²) in [6.07, 6.45) is -0.299. The van der Waals surface area contributed by atoms with Gasteiger partial charge in [-0.15, -0.1) is 0 Å². The number of ether oxygens (including phenoxy) is 6. The van der Waals surface area contributed by atoms with E-state index >= 15 is 0 Å². The van der Waals surface area contributed by atoms with E-state index in [1.807, 2.05) is 79.7 Å². The van der Waals surface area contributed by atoms with Crippen LogP contribution in [0.25, 0.3) is 0 Å². The van der Waals surface area contributed by atoms with Gasteiger partial charge in [0.1, 0.15) is 67.7 Å². The molecule has 1 aliphatic rings. The third-order valence-electron chi connectivity index (χ3n) is 9.13. The Morgan fingerprint density at radius 1 is 0.560 bits per heavy atom. The van der Waals surface area contributed by atoms with Crippen LogP contribution < -0.4 is 18.9 Å². The van der Waals surface area contributed by atoms with Crippen molar-refractivity contribution in [2.75, 3.05) is 46.2 Å². The fourth-order valence-electron chi connectivity index (χ4n) is 5.60. The second-order valence-corrected chi connectivity index (χ2v) is 13.9. The van der Waals surface area contributed by atoms with Crippen molar-refractivity contribution < 1.29 is 38.6 Å². The molecule has 0 aromatic heterocycles. The maximum atomic E-state index is 10.6. The van der Waals surface area contributed by atoms with Crippen LogP contribution in [0.3, 0.4) is 0 Å². The topological polar surface area (TPSA) is 99.1 Å². The van der Waals surface area contributed by atoms with Crippen LogP contribution in [0.4, 0.5) is 0 Å². The first-order valence-electron chi connectivity index (χ1n) is 17.5. The van der Waals surface area contributed by atoms with Gasteiger partial charge in [0.2, 0.25) is 0 Å². The van der Waals surface area contributed by atoms with E-state index in [1.54, 1.807) is 0 Å². The van der Waals surface area contributed by atoms with Crippen molar-refractivity contribution in [1.29, 1.82) is 0 Å². The van der Waals surface area contributed by atoms with Gasteiger partial charge >= 0.3 is 0 Å². The Hall–Kier alpha value is -4.08. The molecule has 5 rings (SSSR count). The van der Waals surface area contributed by atoms with Gasteiger partial charge in [-0.3, -0.25) is 0 Å². The van der Waals surface area contributed by atoms with E-state index in [4.69, 9.17) is 28.4 Å². The number of aliphatic hydroxyl groups excluding tert-OH is 2. The summed E-state index contributed by atoms with van der Waals surface area (Å²) in [5.74, 6) is 2.92. The summed E-state index contributed by atoms with van der Waals surface area (Å²) in [6.45, 7) is 13.4. The van der Waals surface area contributed by atoms with E-state index in [2.05, 4.69) is 52.0 Å². The molecule has 0 bridgehead atoms. The molecule has 50 heavy (non-hydrogen) atoms. The largest absolute Gasteiger partial charge is 0.491 e. The first kappa shape index (κ1) is 37.2. The smallest absolute Gasteiger partial charge is 0.122 e. The maximum absolute atomic E-state index is 10.6. The highest BCUT2D eigenvalue weighted by molar-refractivity contribution is 5.43. The van der Waals surface area contributed by atoms with E-state index in [9.17, 15) is 10.2 Å². The number of epoxide rings is 1. The zero-order chi connectivity index (χ0) is 35.6. The lowest BCUT2D eigenvalue weighted by Crippen LogP contribution is -2.25. The van der Waals surface area contributed by atoms with Crippen molar-refractivity contribution in [1.82, 2.24) is 0 Å². The summed E-state index contributed by atoms with van der Waals surface area (Å²) < 4.78 is 33.9. The lowest BCUT2D eigenvalue weighted by molar-refractivity contribution is 0.0123. The Kier molecular flexibility index (Phi) is 12.8. The molecule has 2 N–H and O–H groups in total. The third-order valence-corrected chi connectivity index (χ3v) is 9.13. The van der Waals surface area contributed by atoms with Crippen LogP contribution in [-0.2, 0) is 20.3 Å². The summed E-state index contributed by atoms with van der Waals surface area (Å²) in [4.78, 5) is 0. The highest BCUT2D eigenvalue weighted by Gasteiger charge is 2.26. The van der Waals surface area contributed by atoms with Crippen molar-refractivity contribution in [2.24, 2.45) is 0 Å². The van der Waals surface area contributed by atoms with Crippen molar-refractivity contribution in [2.45, 2.75) is 70.2 Å². The van der Waals surface area contributed by atoms with Crippen LogP contribution in [0.15, 0.2) is 97.1 Å². The first-order valence-corrected chi connectivity index (χ1v) is 17.5. The molecular weight excluding hydrogens is 632 g/mol. The van der Waals surface area contributed by atoms with Crippen LogP contribution in [0, 0.1) is 0 Å². The van der Waals surface area contributed by atoms with Gasteiger partial charge in [-0.1, -0.05) is 83.1 Å². The van der Waals surface area contributed by atoms with E-state index in [0.29, 0.717) is 30.5 Å². The summed E-state index contributed by atoms with van der Waals surface area (Å²) in [5, 5.41) is 20.6. The molecule has 1 heterocycles. The normalized spacial score (nSPS) is 15.6. The summed E-state index contributed by atoms with van der Waals surface area (Å²) in [7, 11) is 0. The lowest BCUT2D eigenvalue weighted by atomic mass is 9.78. The molecule has 1 aliphatic heterocycles. The molecule has 8 heteroatoms. The Morgan fingerprint density at radius 2 is 0.880 bits per heavy atom. The van der Waals surface area contributed by atoms with Crippen molar-refractivity contribution in [3.05, 3.63) is 119 Å². The fraction of sp³-hybridized carbons (Fsp3) is 0.429. The minimum absolute atomic E-state index is 0.113. The van der Waals surface area contributed by atoms with Crippen molar-refractivity contribution >= 4 is 0 Å². The van der Waals surface area contributed by atoms with Gasteiger partial charge in [0.05, 0.1) is 13.2 Å². The Morgan fingerprint density at radius 3 is 1.20 bits per heavy atom. The van der Waals surface area contributed by atoms with Gasteiger partial charge in [0, 0.05) is 17.4 Å².